The standard InChI is InChI=1S/C15H17NOS/c16-10-13-12-9-15(18-14(12)7-8-17-13)11-5-3-1-2-4-6-11/h1,3-6,9,13H,2,7-8,10,16H2. The van der Waals surface area contributed by atoms with Crippen LogP contribution in [-0.2, 0) is 11.2 Å². The van der Waals surface area contributed by atoms with Gasteiger partial charge in [0, 0.05) is 22.7 Å². The van der Waals surface area contributed by atoms with Crippen LogP contribution in [0.4, 0.5) is 0 Å². The van der Waals surface area contributed by atoms with Crippen LogP contribution in [-0.4, -0.2) is 13.2 Å². The molecule has 0 saturated heterocycles. The Bertz CT molecular complexity index is 525. The van der Waals surface area contributed by atoms with Gasteiger partial charge in [0.15, 0.2) is 0 Å². The second kappa shape index (κ2) is 5.22. The molecule has 1 unspecified atom stereocenters. The third-order valence-electron chi connectivity index (χ3n) is 3.32. The van der Waals surface area contributed by atoms with Gasteiger partial charge in [0.25, 0.3) is 0 Å². The number of hydrogen-bond donors (Lipinski definition) is 1. The lowest BCUT2D eigenvalue weighted by atomic mass is 10.0. The van der Waals surface area contributed by atoms with Gasteiger partial charge in [-0.1, -0.05) is 30.4 Å². The zero-order chi connectivity index (χ0) is 12.4. The Morgan fingerprint density at radius 3 is 3.22 bits per heavy atom. The summed E-state index contributed by atoms with van der Waals surface area (Å²) in [6.07, 6.45) is 13.0. The van der Waals surface area contributed by atoms with Gasteiger partial charge in [-0.05, 0) is 23.6 Å². The molecule has 1 atom stereocenters. The minimum atomic E-state index is 0.0876. The van der Waals surface area contributed by atoms with E-state index in [1.165, 1.54) is 20.9 Å². The van der Waals surface area contributed by atoms with E-state index in [1.807, 2.05) is 11.3 Å². The second-order valence-corrected chi connectivity index (χ2v) is 5.66. The minimum absolute atomic E-state index is 0.0876. The lowest BCUT2D eigenvalue weighted by Gasteiger charge is -2.21. The molecule has 0 radical (unpaired) electrons. The number of rotatable bonds is 2. The Hall–Kier alpha value is -1.16. The Morgan fingerprint density at radius 1 is 1.39 bits per heavy atom. The van der Waals surface area contributed by atoms with Gasteiger partial charge in [-0.15, -0.1) is 11.3 Å². The summed E-state index contributed by atoms with van der Waals surface area (Å²) in [6, 6.07) is 2.26. The highest BCUT2D eigenvalue weighted by Gasteiger charge is 2.22. The number of hydrogen-bond acceptors (Lipinski definition) is 3. The van der Waals surface area contributed by atoms with Gasteiger partial charge >= 0.3 is 0 Å². The van der Waals surface area contributed by atoms with E-state index >= 15 is 0 Å². The fraction of sp³-hybridized carbons (Fsp3) is 0.333. The third-order valence-corrected chi connectivity index (χ3v) is 4.58. The molecule has 2 aliphatic rings. The summed E-state index contributed by atoms with van der Waals surface area (Å²) < 4.78 is 5.71. The molecule has 0 saturated carbocycles. The molecular weight excluding hydrogens is 242 g/mol. The first-order valence-electron chi connectivity index (χ1n) is 6.36. The highest BCUT2D eigenvalue weighted by molar-refractivity contribution is 7.13. The molecule has 3 heteroatoms. The molecule has 0 fully saturated rings. The maximum atomic E-state index is 5.77. The van der Waals surface area contributed by atoms with Crippen molar-refractivity contribution >= 4 is 16.9 Å². The Kier molecular flexibility index (Phi) is 3.46. The van der Waals surface area contributed by atoms with E-state index in [0.29, 0.717) is 6.54 Å². The summed E-state index contributed by atoms with van der Waals surface area (Å²) in [5, 5.41) is 0. The van der Waals surface area contributed by atoms with Crippen LogP contribution in [0, 0.1) is 0 Å². The molecule has 1 aliphatic heterocycles. The molecule has 1 aromatic heterocycles. The summed E-state index contributed by atoms with van der Waals surface area (Å²) in [6.45, 7) is 1.36. The van der Waals surface area contributed by atoms with Crippen LogP contribution < -0.4 is 5.73 Å². The Balaban J connectivity index is 1.97. The average Bonchev–Trinajstić information content (AvgIpc) is 2.65. The molecule has 0 amide bonds. The topological polar surface area (TPSA) is 35.2 Å². The monoisotopic (exact) mass is 259 g/mol. The van der Waals surface area contributed by atoms with Gasteiger partial charge in [0.1, 0.15) is 0 Å². The SMILES string of the molecule is NCC1OCCc2sc(C3=CC=CCC=C3)cc21. The molecule has 0 aromatic carbocycles. The molecule has 2 nitrogen and oxygen atoms in total. The molecule has 3 rings (SSSR count). The van der Waals surface area contributed by atoms with E-state index in [1.54, 1.807) is 0 Å². The first-order valence-corrected chi connectivity index (χ1v) is 7.18. The molecule has 2 N–H and O–H groups in total. The maximum absolute atomic E-state index is 5.77. The highest BCUT2D eigenvalue weighted by atomic mass is 32.1. The number of nitrogens with two attached hydrogens (primary N) is 1. The van der Waals surface area contributed by atoms with Crippen molar-refractivity contribution in [3.05, 3.63) is 51.8 Å². The van der Waals surface area contributed by atoms with E-state index in [4.69, 9.17) is 10.5 Å². The van der Waals surface area contributed by atoms with Gasteiger partial charge in [-0.25, -0.2) is 0 Å². The molecule has 94 valence electrons. The fourth-order valence-electron chi connectivity index (χ4n) is 2.38. The van der Waals surface area contributed by atoms with Gasteiger partial charge < -0.3 is 10.5 Å². The van der Waals surface area contributed by atoms with Gasteiger partial charge in [0.05, 0.1) is 12.7 Å². The van der Waals surface area contributed by atoms with Crippen molar-refractivity contribution < 1.29 is 4.74 Å². The van der Waals surface area contributed by atoms with E-state index in [-0.39, 0.29) is 6.10 Å². The zero-order valence-electron chi connectivity index (χ0n) is 10.3. The molecule has 0 bridgehead atoms. The van der Waals surface area contributed by atoms with Crippen LogP contribution in [0.25, 0.3) is 5.57 Å². The third kappa shape index (κ3) is 2.21. The predicted octanol–water partition coefficient (Wildman–Crippen LogP) is 3.22. The summed E-state index contributed by atoms with van der Waals surface area (Å²) in [5.41, 5.74) is 8.36. The van der Waals surface area contributed by atoms with Crippen LogP contribution in [0.5, 0.6) is 0 Å². The molecule has 0 spiro atoms. The first kappa shape index (κ1) is 11.9. The van der Waals surface area contributed by atoms with Crippen molar-refractivity contribution in [1.82, 2.24) is 0 Å². The van der Waals surface area contributed by atoms with E-state index in [2.05, 4.69) is 36.4 Å². The van der Waals surface area contributed by atoms with Crippen LogP contribution in [0.2, 0.25) is 0 Å². The average molecular weight is 259 g/mol. The van der Waals surface area contributed by atoms with Crippen LogP contribution >= 0.6 is 11.3 Å². The van der Waals surface area contributed by atoms with Crippen molar-refractivity contribution in [2.24, 2.45) is 5.73 Å². The van der Waals surface area contributed by atoms with Crippen LogP contribution in [0.3, 0.4) is 0 Å². The fourth-order valence-corrected chi connectivity index (χ4v) is 3.57. The predicted molar refractivity (Wildman–Crippen MR) is 76.6 cm³/mol. The summed E-state index contributed by atoms with van der Waals surface area (Å²) in [7, 11) is 0. The molecular formula is C15H17NOS. The number of allylic oxidation sites excluding steroid dienone is 6. The normalized spacial score (nSPS) is 22.5. The van der Waals surface area contributed by atoms with E-state index in [9.17, 15) is 0 Å². The van der Waals surface area contributed by atoms with Crippen molar-refractivity contribution in [2.45, 2.75) is 18.9 Å². The Morgan fingerprint density at radius 2 is 2.33 bits per heavy atom. The smallest absolute Gasteiger partial charge is 0.0958 e. The van der Waals surface area contributed by atoms with Crippen molar-refractivity contribution in [3.8, 4) is 0 Å². The largest absolute Gasteiger partial charge is 0.372 e. The molecule has 1 aromatic rings. The summed E-state index contributed by atoms with van der Waals surface area (Å²) >= 11 is 1.88. The second-order valence-electron chi connectivity index (χ2n) is 4.52. The first-order chi connectivity index (χ1) is 8.88. The van der Waals surface area contributed by atoms with Gasteiger partial charge in [-0.3, -0.25) is 0 Å². The quantitative estimate of drug-likeness (QED) is 0.885. The summed E-state index contributed by atoms with van der Waals surface area (Å²) in [4.78, 5) is 2.76. The highest BCUT2D eigenvalue weighted by Crippen LogP contribution is 2.36. The zero-order valence-corrected chi connectivity index (χ0v) is 11.1. The molecule has 18 heavy (non-hydrogen) atoms. The number of thiophene rings is 1. The lowest BCUT2D eigenvalue weighted by molar-refractivity contribution is 0.0498. The lowest BCUT2D eigenvalue weighted by Crippen LogP contribution is -2.21. The Labute approximate surface area is 111 Å². The number of fused-ring (bicyclic) bond motifs is 1. The van der Waals surface area contributed by atoms with Crippen molar-refractivity contribution in [3.63, 3.8) is 0 Å². The minimum Gasteiger partial charge on any atom is -0.372 e. The molecule has 2 heterocycles. The molecule has 1 aliphatic carbocycles. The van der Waals surface area contributed by atoms with Crippen LogP contribution in [0.1, 0.15) is 27.8 Å². The van der Waals surface area contributed by atoms with Crippen molar-refractivity contribution in [1.29, 1.82) is 0 Å². The van der Waals surface area contributed by atoms with Gasteiger partial charge in [-0.2, -0.15) is 0 Å². The maximum Gasteiger partial charge on any atom is 0.0958 e. The number of ether oxygens (including phenoxy) is 1. The van der Waals surface area contributed by atoms with E-state index < -0.39 is 0 Å². The van der Waals surface area contributed by atoms with Crippen molar-refractivity contribution in [2.75, 3.05) is 13.2 Å². The van der Waals surface area contributed by atoms with Gasteiger partial charge in [0.2, 0.25) is 0 Å². The summed E-state index contributed by atoms with van der Waals surface area (Å²) in [5.74, 6) is 0. The van der Waals surface area contributed by atoms with E-state index in [0.717, 1.165) is 19.4 Å². The van der Waals surface area contributed by atoms with Crippen LogP contribution in [0.15, 0.2) is 36.4 Å².